The van der Waals surface area contributed by atoms with Crippen molar-refractivity contribution < 1.29 is 0 Å². The van der Waals surface area contributed by atoms with Crippen LogP contribution in [-0.4, -0.2) is 0 Å². The highest BCUT2D eigenvalue weighted by Gasteiger charge is 2.12. The monoisotopic (exact) mass is 363 g/mol. The number of rotatable bonds is 19. The van der Waals surface area contributed by atoms with E-state index in [1.807, 2.05) is 0 Å². The minimum atomic E-state index is 1.10. The molecule has 26 heavy (non-hydrogen) atoms. The predicted molar refractivity (Wildman–Crippen MR) is 120 cm³/mol. The molecular formula is C26H51. The standard InChI is InChI=1S/C26H51/c1-2-3-4-5-6-7-8-9-10-11-12-13-14-15-16-17-18-20-23-26-24-21-19-22-25-26/h26H,1-25H2. The van der Waals surface area contributed by atoms with Crippen LogP contribution in [-0.2, 0) is 0 Å². The summed E-state index contributed by atoms with van der Waals surface area (Å²) in [6.45, 7) is 3.91. The van der Waals surface area contributed by atoms with Crippen molar-refractivity contribution in [1.29, 1.82) is 0 Å². The zero-order valence-electron chi connectivity index (χ0n) is 18.3. The molecule has 0 N–H and O–H groups in total. The predicted octanol–water partition coefficient (Wildman–Crippen LogP) is 9.81. The van der Waals surface area contributed by atoms with E-state index in [9.17, 15) is 0 Å². The van der Waals surface area contributed by atoms with Crippen molar-refractivity contribution in [1.82, 2.24) is 0 Å². The van der Waals surface area contributed by atoms with Crippen LogP contribution in [0.15, 0.2) is 0 Å². The molecule has 0 aromatic heterocycles. The second-order valence-electron chi connectivity index (χ2n) is 9.16. The Morgan fingerprint density at radius 1 is 0.423 bits per heavy atom. The van der Waals surface area contributed by atoms with Gasteiger partial charge in [-0.1, -0.05) is 161 Å². The third kappa shape index (κ3) is 16.2. The lowest BCUT2D eigenvalue weighted by molar-refractivity contribution is 0.328. The lowest BCUT2D eigenvalue weighted by Crippen LogP contribution is -2.05. The lowest BCUT2D eigenvalue weighted by atomic mass is 9.85. The third-order valence-corrected chi connectivity index (χ3v) is 6.59. The summed E-state index contributed by atoms with van der Waals surface area (Å²) in [7, 11) is 0. The Morgan fingerprint density at radius 3 is 1.15 bits per heavy atom. The van der Waals surface area contributed by atoms with Gasteiger partial charge in [0, 0.05) is 0 Å². The van der Waals surface area contributed by atoms with E-state index in [0.29, 0.717) is 0 Å². The van der Waals surface area contributed by atoms with Gasteiger partial charge in [0.05, 0.1) is 0 Å². The van der Waals surface area contributed by atoms with Gasteiger partial charge >= 0.3 is 0 Å². The minimum Gasteiger partial charge on any atom is -0.0533 e. The molecule has 1 aliphatic rings. The molecule has 0 aromatic carbocycles. The average molecular weight is 364 g/mol. The SMILES string of the molecule is [CH2]CCCCCCCCCCCCCCCCCCCC1CCCCC1. The highest BCUT2D eigenvalue weighted by Crippen LogP contribution is 2.28. The number of hydrogen-bond acceptors (Lipinski definition) is 0. The van der Waals surface area contributed by atoms with Gasteiger partial charge in [-0.2, -0.15) is 0 Å². The molecule has 0 heterocycles. The van der Waals surface area contributed by atoms with Crippen molar-refractivity contribution in [3.63, 3.8) is 0 Å². The van der Waals surface area contributed by atoms with E-state index in [0.717, 1.165) is 12.3 Å². The second-order valence-corrected chi connectivity index (χ2v) is 9.16. The van der Waals surface area contributed by atoms with E-state index in [2.05, 4.69) is 6.92 Å². The van der Waals surface area contributed by atoms with E-state index in [-0.39, 0.29) is 0 Å². The second kappa shape index (κ2) is 19.8. The zero-order chi connectivity index (χ0) is 18.5. The van der Waals surface area contributed by atoms with Crippen LogP contribution in [0.5, 0.6) is 0 Å². The summed E-state index contributed by atoms with van der Waals surface area (Å²) >= 11 is 0. The Labute approximate surface area is 167 Å². The summed E-state index contributed by atoms with van der Waals surface area (Å²) in [5.74, 6) is 1.10. The summed E-state index contributed by atoms with van der Waals surface area (Å²) < 4.78 is 0. The summed E-state index contributed by atoms with van der Waals surface area (Å²) in [5.41, 5.74) is 0. The molecule has 0 bridgehead atoms. The van der Waals surface area contributed by atoms with Gasteiger partial charge in [0.2, 0.25) is 0 Å². The molecule has 0 unspecified atom stereocenters. The fourth-order valence-corrected chi connectivity index (χ4v) is 4.74. The van der Waals surface area contributed by atoms with Crippen LogP contribution >= 0.6 is 0 Å². The van der Waals surface area contributed by atoms with Crippen molar-refractivity contribution in [2.45, 2.75) is 154 Å². The zero-order valence-corrected chi connectivity index (χ0v) is 18.3. The van der Waals surface area contributed by atoms with Crippen LogP contribution in [0.2, 0.25) is 0 Å². The van der Waals surface area contributed by atoms with Crippen LogP contribution in [0.1, 0.15) is 154 Å². The molecule has 0 heteroatoms. The topological polar surface area (TPSA) is 0 Å². The molecule has 0 atom stereocenters. The van der Waals surface area contributed by atoms with Gasteiger partial charge in [-0.25, -0.2) is 0 Å². The third-order valence-electron chi connectivity index (χ3n) is 6.59. The van der Waals surface area contributed by atoms with E-state index in [1.54, 1.807) is 0 Å². The van der Waals surface area contributed by atoms with Crippen molar-refractivity contribution in [2.75, 3.05) is 0 Å². The molecule has 0 saturated heterocycles. The van der Waals surface area contributed by atoms with Gasteiger partial charge in [0.15, 0.2) is 0 Å². The smallest absolute Gasteiger partial charge is 0.0414 e. The highest BCUT2D eigenvalue weighted by atomic mass is 14.2. The summed E-state index contributed by atoms with van der Waals surface area (Å²) in [4.78, 5) is 0. The van der Waals surface area contributed by atoms with Crippen LogP contribution in [0.25, 0.3) is 0 Å². The van der Waals surface area contributed by atoms with Gasteiger partial charge in [-0.15, -0.1) is 0 Å². The maximum absolute atomic E-state index is 3.91. The van der Waals surface area contributed by atoms with E-state index >= 15 is 0 Å². The molecule has 1 rings (SSSR count). The number of unbranched alkanes of at least 4 members (excludes halogenated alkanes) is 17. The molecule has 1 aliphatic carbocycles. The highest BCUT2D eigenvalue weighted by molar-refractivity contribution is 4.65. The summed E-state index contributed by atoms with van der Waals surface area (Å²) in [6, 6.07) is 0. The molecule has 0 aromatic rings. The van der Waals surface area contributed by atoms with Crippen molar-refractivity contribution in [2.24, 2.45) is 5.92 Å². The molecule has 1 fully saturated rings. The molecule has 0 aliphatic heterocycles. The maximum atomic E-state index is 3.91. The lowest BCUT2D eigenvalue weighted by Gasteiger charge is -2.21. The van der Waals surface area contributed by atoms with Crippen LogP contribution in [0.4, 0.5) is 0 Å². The van der Waals surface area contributed by atoms with Crippen LogP contribution in [0, 0.1) is 12.8 Å². The first kappa shape index (κ1) is 24.0. The molecule has 155 valence electrons. The molecule has 0 amide bonds. The van der Waals surface area contributed by atoms with Gasteiger partial charge < -0.3 is 0 Å². The Morgan fingerprint density at radius 2 is 0.769 bits per heavy atom. The summed E-state index contributed by atoms with van der Waals surface area (Å²) in [6.07, 6.45) is 35.3. The molecule has 0 spiro atoms. The normalized spacial score (nSPS) is 15.6. The molecule has 0 nitrogen and oxygen atoms in total. The fraction of sp³-hybridized carbons (Fsp3) is 0.962. The van der Waals surface area contributed by atoms with Gasteiger partial charge in [-0.3, -0.25) is 0 Å². The minimum absolute atomic E-state index is 1.10. The Hall–Kier alpha value is 0. The largest absolute Gasteiger partial charge is 0.0533 e. The maximum Gasteiger partial charge on any atom is -0.0414 e. The first-order valence-electron chi connectivity index (χ1n) is 12.7. The first-order valence-corrected chi connectivity index (χ1v) is 12.7. The Balaban J connectivity index is 1.65. The van der Waals surface area contributed by atoms with Gasteiger partial charge in [-0.05, 0) is 5.92 Å². The van der Waals surface area contributed by atoms with Crippen molar-refractivity contribution >= 4 is 0 Å². The van der Waals surface area contributed by atoms with Crippen molar-refractivity contribution in [3.8, 4) is 0 Å². The van der Waals surface area contributed by atoms with E-state index in [1.165, 1.54) is 148 Å². The van der Waals surface area contributed by atoms with E-state index < -0.39 is 0 Å². The van der Waals surface area contributed by atoms with Crippen LogP contribution < -0.4 is 0 Å². The number of hydrogen-bond donors (Lipinski definition) is 0. The van der Waals surface area contributed by atoms with Crippen LogP contribution in [0.3, 0.4) is 0 Å². The van der Waals surface area contributed by atoms with Gasteiger partial charge in [0.1, 0.15) is 0 Å². The quantitative estimate of drug-likeness (QED) is 0.200. The van der Waals surface area contributed by atoms with Crippen molar-refractivity contribution in [3.05, 3.63) is 6.92 Å². The van der Waals surface area contributed by atoms with Gasteiger partial charge in [0.25, 0.3) is 0 Å². The molecule has 1 saturated carbocycles. The Bertz CT molecular complexity index is 251. The average Bonchev–Trinajstić information content (AvgIpc) is 2.68. The fourth-order valence-electron chi connectivity index (χ4n) is 4.74. The van der Waals surface area contributed by atoms with E-state index in [4.69, 9.17) is 0 Å². The Kier molecular flexibility index (Phi) is 18.3. The molecule has 1 radical (unpaired) electrons. The summed E-state index contributed by atoms with van der Waals surface area (Å²) in [5, 5.41) is 0. The first-order chi connectivity index (χ1) is 12.9. The molecular weight excluding hydrogens is 312 g/mol.